The molecule has 1 aromatic heterocycles. The lowest BCUT2D eigenvalue weighted by Crippen LogP contribution is -2.48. The Morgan fingerprint density at radius 1 is 1.69 bits per heavy atom. The fourth-order valence-electron chi connectivity index (χ4n) is 2.05. The molecule has 16 heavy (non-hydrogen) atoms. The molecular weight excluding hydrogens is 222 g/mol. The fourth-order valence-corrected chi connectivity index (χ4v) is 2.76. The second kappa shape index (κ2) is 4.97. The lowest BCUT2D eigenvalue weighted by molar-refractivity contribution is 0.0300. The molecule has 0 bridgehead atoms. The summed E-state index contributed by atoms with van der Waals surface area (Å²) in [4.78, 5) is 13.8. The highest BCUT2D eigenvalue weighted by molar-refractivity contribution is 7.12. The number of ether oxygens (including phenoxy) is 1. The highest BCUT2D eigenvalue weighted by Crippen LogP contribution is 2.27. The van der Waals surface area contributed by atoms with Gasteiger partial charge in [-0.15, -0.1) is 11.3 Å². The molecule has 2 rings (SSSR count). The van der Waals surface area contributed by atoms with Gasteiger partial charge >= 0.3 is 0 Å². The normalized spacial score (nSPS) is 25.8. The van der Waals surface area contributed by atoms with Gasteiger partial charge in [-0.05, 0) is 19.4 Å². The zero-order valence-electron chi connectivity index (χ0n) is 9.68. The molecule has 2 heterocycles. The Hall–Kier alpha value is -0.870. The van der Waals surface area contributed by atoms with Crippen LogP contribution in [0.1, 0.15) is 29.9 Å². The number of rotatable bonds is 3. The molecule has 2 unspecified atom stereocenters. The van der Waals surface area contributed by atoms with Crippen LogP contribution in [0.2, 0.25) is 0 Å². The van der Waals surface area contributed by atoms with Crippen LogP contribution in [0, 0.1) is 0 Å². The number of thiophene rings is 1. The van der Waals surface area contributed by atoms with Crippen molar-refractivity contribution in [2.24, 2.45) is 0 Å². The van der Waals surface area contributed by atoms with Crippen LogP contribution in [0.3, 0.4) is 0 Å². The van der Waals surface area contributed by atoms with Crippen LogP contribution < -0.4 is 4.90 Å². The number of anilines is 1. The minimum atomic E-state index is 0.266. The number of carbonyl (C=O) groups excluding carboxylic acids is 1. The van der Waals surface area contributed by atoms with Gasteiger partial charge in [-0.2, -0.15) is 0 Å². The first-order chi connectivity index (χ1) is 7.74. The predicted octanol–water partition coefficient (Wildman–Crippen LogP) is 2.56. The maximum Gasteiger partial charge on any atom is 0.160 e. The summed E-state index contributed by atoms with van der Waals surface area (Å²) in [5.74, 6) is 0. The Kier molecular flexibility index (Phi) is 3.61. The summed E-state index contributed by atoms with van der Waals surface area (Å²) in [5.41, 5.74) is 1.16. The third kappa shape index (κ3) is 2.28. The molecular formula is C12H17NO2S. The van der Waals surface area contributed by atoms with Gasteiger partial charge in [-0.1, -0.05) is 6.92 Å². The Bertz CT molecular complexity index is 364. The third-order valence-electron chi connectivity index (χ3n) is 2.99. The molecule has 1 saturated heterocycles. The van der Waals surface area contributed by atoms with E-state index in [0.29, 0.717) is 6.04 Å². The van der Waals surface area contributed by atoms with Crippen molar-refractivity contribution in [3.8, 4) is 0 Å². The van der Waals surface area contributed by atoms with Crippen molar-refractivity contribution in [2.75, 3.05) is 18.1 Å². The van der Waals surface area contributed by atoms with Gasteiger partial charge in [-0.25, -0.2) is 0 Å². The zero-order valence-corrected chi connectivity index (χ0v) is 10.5. The molecule has 2 atom stereocenters. The monoisotopic (exact) mass is 239 g/mol. The van der Waals surface area contributed by atoms with Gasteiger partial charge in [0.25, 0.3) is 0 Å². The molecule has 0 aromatic carbocycles. The Morgan fingerprint density at radius 3 is 3.12 bits per heavy atom. The summed E-state index contributed by atoms with van der Waals surface area (Å²) < 4.78 is 5.66. The van der Waals surface area contributed by atoms with E-state index < -0.39 is 0 Å². The number of morpholine rings is 1. The number of nitrogens with zero attached hydrogens (tertiary/aromatic N) is 1. The smallest absolute Gasteiger partial charge is 0.160 e. The maximum absolute atomic E-state index is 10.7. The minimum absolute atomic E-state index is 0.266. The summed E-state index contributed by atoms with van der Waals surface area (Å²) in [6, 6.07) is 2.41. The first-order valence-electron chi connectivity index (χ1n) is 5.66. The van der Waals surface area contributed by atoms with Crippen molar-refractivity contribution in [1.82, 2.24) is 0 Å². The Labute approximate surface area is 100 Å². The lowest BCUT2D eigenvalue weighted by atomic mass is 10.1. The van der Waals surface area contributed by atoms with Crippen LogP contribution in [-0.4, -0.2) is 31.6 Å². The number of aldehydes is 1. The largest absolute Gasteiger partial charge is 0.375 e. The first kappa shape index (κ1) is 11.6. The van der Waals surface area contributed by atoms with Crippen LogP contribution >= 0.6 is 11.3 Å². The van der Waals surface area contributed by atoms with E-state index in [1.807, 2.05) is 6.07 Å². The average molecular weight is 239 g/mol. The molecule has 4 heteroatoms. The summed E-state index contributed by atoms with van der Waals surface area (Å²) >= 11 is 1.51. The minimum Gasteiger partial charge on any atom is -0.375 e. The average Bonchev–Trinajstić information content (AvgIpc) is 2.77. The summed E-state index contributed by atoms with van der Waals surface area (Å²) in [7, 11) is 0. The van der Waals surface area contributed by atoms with E-state index in [1.54, 1.807) is 0 Å². The molecule has 0 N–H and O–H groups in total. The molecule has 1 aromatic rings. The molecule has 0 spiro atoms. The molecule has 3 nitrogen and oxygen atoms in total. The van der Waals surface area contributed by atoms with Crippen LogP contribution in [0.5, 0.6) is 0 Å². The highest BCUT2D eigenvalue weighted by Gasteiger charge is 2.26. The van der Waals surface area contributed by atoms with E-state index in [1.165, 1.54) is 11.3 Å². The van der Waals surface area contributed by atoms with E-state index in [9.17, 15) is 4.79 Å². The second-order valence-electron chi connectivity index (χ2n) is 4.18. The van der Waals surface area contributed by atoms with Gasteiger partial charge in [0.05, 0.1) is 23.6 Å². The number of carbonyl (C=O) groups is 1. The molecule has 0 aliphatic carbocycles. The topological polar surface area (TPSA) is 29.5 Å². The van der Waals surface area contributed by atoms with Crippen molar-refractivity contribution in [2.45, 2.75) is 32.4 Å². The molecule has 88 valence electrons. The number of hydrogen-bond donors (Lipinski definition) is 0. The lowest BCUT2D eigenvalue weighted by Gasteiger charge is -2.39. The zero-order chi connectivity index (χ0) is 11.5. The number of hydrogen-bond acceptors (Lipinski definition) is 4. The van der Waals surface area contributed by atoms with Gasteiger partial charge < -0.3 is 9.64 Å². The summed E-state index contributed by atoms with van der Waals surface area (Å²) in [6.45, 7) is 5.95. The van der Waals surface area contributed by atoms with Gasteiger partial charge in [0.15, 0.2) is 6.29 Å². The third-order valence-corrected chi connectivity index (χ3v) is 3.84. The molecule has 0 saturated carbocycles. The van der Waals surface area contributed by atoms with Gasteiger partial charge in [0.1, 0.15) is 0 Å². The van der Waals surface area contributed by atoms with Crippen LogP contribution in [0.4, 0.5) is 5.69 Å². The molecule has 1 fully saturated rings. The van der Waals surface area contributed by atoms with Crippen LogP contribution in [0.15, 0.2) is 11.4 Å². The van der Waals surface area contributed by atoms with Gasteiger partial charge in [0.2, 0.25) is 0 Å². The predicted molar refractivity (Wildman–Crippen MR) is 66.5 cm³/mol. The first-order valence-corrected chi connectivity index (χ1v) is 6.54. The highest BCUT2D eigenvalue weighted by atomic mass is 32.1. The van der Waals surface area contributed by atoms with Crippen molar-refractivity contribution in [1.29, 1.82) is 0 Å². The van der Waals surface area contributed by atoms with E-state index in [0.717, 1.165) is 36.4 Å². The van der Waals surface area contributed by atoms with Crippen LogP contribution in [-0.2, 0) is 4.74 Å². The van der Waals surface area contributed by atoms with E-state index in [-0.39, 0.29) is 6.10 Å². The van der Waals surface area contributed by atoms with Crippen LogP contribution in [0.25, 0.3) is 0 Å². The van der Waals surface area contributed by atoms with Crippen molar-refractivity contribution >= 4 is 23.3 Å². The standard InChI is InChI=1S/C12H17NO2S/c1-3-10-7-15-9(2)5-13(10)11-4-12(6-14)16-8-11/h4,6,8-10H,3,5,7H2,1-2H3. The quantitative estimate of drug-likeness (QED) is 0.759. The van der Waals surface area contributed by atoms with Crippen molar-refractivity contribution in [3.63, 3.8) is 0 Å². The van der Waals surface area contributed by atoms with Gasteiger partial charge in [0, 0.05) is 17.6 Å². The molecule has 0 radical (unpaired) electrons. The second-order valence-corrected chi connectivity index (χ2v) is 5.13. The fraction of sp³-hybridized carbons (Fsp3) is 0.583. The SMILES string of the molecule is CCC1COC(C)CN1c1csc(C=O)c1. The summed E-state index contributed by atoms with van der Waals surface area (Å²) in [5, 5.41) is 2.06. The summed E-state index contributed by atoms with van der Waals surface area (Å²) in [6.07, 6.45) is 2.25. The van der Waals surface area contributed by atoms with E-state index in [4.69, 9.17) is 4.74 Å². The van der Waals surface area contributed by atoms with E-state index >= 15 is 0 Å². The molecule has 1 aliphatic heterocycles. The Balaban J connectivity index is 2.18. The Morgan fingerprint density at radius 2 is 2.50 bits per heavy atom. The molecule has 0 amide bonds. The van der Waals surface area contributed by atoms with Gasteiger partial charge in [-0.3, -0.25) is 4.79 Å². The van der Waals surface area contributed by atoms with E-state index in [2.05, 4.69) is 24.1 Å². The maximum atomic E-state index is 10.7. The van der Waals surface area contributed by atoms with Crippen molar-refractivity contribution < 1.29 is 9.53 Å². The molecule has 1 aliphatic rings. The van der Waals surface area contributed by atoms with Crippen molar-refractivity contribution in [3.05, 3.63) is 16.3 Å².